The summed E-state index contributed by atoms with van der Waals surface area (Å²) in [6.07, 6.45) is 2.34. The van der Waals surface area contributed by atoms with Gasteiger partial charge in [0.05, 0.1) is 16.9 Å². The predicted octanol–water partition coefficient (Wildman–Crippen LogP) is 5.84. The first-order valence-corrected chi connectivity index (χ1v) is 12.5. The molecule has 0 bridgehead atoms. The molecule has 0 saturated heterocycles. The Bertz CT molecular complexity index is 1440. The number of aromatic nitrogens is 1. The van der Waals surface area contributed by atoms with E-state index in [1.54, 1.807) is 59.6 Å². The number of anilines is 2. The van der Waals surface area contributed by atoms with Crippen molar-refractivity contribution < 1.29 is 14.4 Å². The van der Waals surface area contributed by atoms with Crippen LogP contribution < -0.4 is 10.2 Å². The summed E-state index contributed by atoms with van der Waals surface area (Å²) in [5.74, 6) is -0.492. The third-order valence-corrected chi connectivity index (χ3v) is 6.96. The zero-order valence-electron chi connectivity index (χ0n) is 19.4. The van der Waals surface area contributed by atoms with Crippen molar-refractivity contribution in [3.63, 3.8) is 0 Å². The van der Waals surface area contributed by atoms with Crippen LogP contribution in [0.1, 0.15) is 39.1 Å². The summed E-state index contributed by atoms with van der Waals surface area (Å²) in [5, 5.41) is 3.56. The van der Waals surface area contributed by atoms with Crippen LogP contribution in [0.2, 0.25) is 0 Å². The van der Waals surface area contributed by atoms with Gasteiger partial charge in [-0.25, -0.2) is 4.98 Å². The van der Waals surface area contributed by atoms with Crippen LogP contribution in [0.5, 0.6) is 0 Å². The van der Waals surface area contributed by atoms with Gasteiger partial charge in [-0.2, -0.15) is 0 Å². The molecular formula is C29H23N3O3S. The second kappa shape index (κ2) is 10.6. The summed E-state index contributed by atoms with van der Waals surface area (Å²) < 4.78 is 0. The van der Waals surface area contributed by atoms with E-state index in [4.69, 9.17) is 0 Å². The summed E-state index contributed by atoms with van der Waals surface area (Å²) in [6.45, 7) is 0.378. The largest absolute Gasteiger partial charge is 0.325 e. The first kappa shape index (κ1) is 23.5. The van der Waals surface area contributed by atoms with Gasteiger partial charge in [-0.15, -0.1) is 0 Å². The molecule has 6 nitrogen and oxygen atoms in total. The van der Waals surface area contributed by atoms with Crippen molar-refractivity contribution in [1.82, 2.24) is 4.98 Å². The number of carbonyl (C=O) groups is 3. The first-order chi connectivity index (χ1) is 17.6. The Morgan fingerprint density at radius 2 is 1.61 bits per heavy atom. The van der Waals surface area contributed by atoms with E-state index in [-0.39, 0.29) is 24.0 Å². The van der Waals surface area contributed by atoms with Crippen LogP contribution in [0.15, 0.2) is 107 Å². The van der Waals surface area contributed by atoms with Gasteiger partial charge in [0.15, 0.2) is 5.78 Å². The normalized spacial score (nSPS) is 12.3. The van der Waals surface area contributed by atoms with Gasteiger partial charge in [-0.1, -0.05) is 66.4 Å². The molecule has 3 aromatic carbocycles. The highest BCUT2D eigenvalue weighted by atomic mass is 32.2. The molecule has 0 saturated carbocycles. The number of hydrogen-bond donors (Lipinski definition) is 1. The van der Waals surface area contributed by atoms with E-state index in [9.17, 15) is 14.4 Å². The molecule has 4 aromatic rings. The van der Waals surface area contributed by atoms with E-state index in [1.165, 1.54) is 11.8 Å². The minimum Gasteiger partial charge on any atom is -0.325 e. The van der Waals surface area contributed by atoms with Gasteiger partial charge in [0.25, 0.3) is 5.91 Å². The standard InChI is InChI=1S/C29H23N3O3S/c33-26(31-23-14-5-4-12-21(23)27(34)20-10-2-1-3-11-20)17-9-19-32-24-15-6-7-16-25(24)36-28-22(29(32)35)13-8-18-30-28/h1-8,10-16,18H,9,17,19H2,(H,31,33). The summed E-state index contributed by atoms with van der Waals surface area (Å²) in [7, 11) is 0. The number of ketones is 1. The van der Waals surface area contributed by atoms with E-state index in [2.05, 4.69) is 10.3 Å². The van der Waals surface area contributed by atoms with Crippen LogP contribution >= 0.6 is 11.8 Å². The van der Waals surface area contributed by atoms with Crippen LogP contribution in [0.4, 0.5) is 11.4 Å². The van der Waals surface area contributed by atoms with E-state index in [1.807, 2.05) is 42.5 Å². The summed E-state index contributed by atoms with van der Waals surface area (Å²) in [4.78, 5) is 46.2. The highest BCUT2D eigenvalue weighted by Gasteiger charge is 2.27. The van der Waals surface area contributed by atoms with Gasteiger partial charge in [0.2, 0.25) is 5.91 Å². The molecule has 0 fully saturated rings. The lowest BCUT2D eigenvalue weighted by atomic mass is 10.0. The number of pyridine rings is 1. The minimum absolute atomic E-state index is 0.130. The van der Waals surface area contributed by atoms with Crippen LogP contribution in [0.3, 0.4) is 0 Å². The fourth-order valence-corrected chi connectivity index (χ4v) is 5.14. The molecule has 0 atom stereocenters. The van der Waals surface area contributed by atoms with E-state index < -0.39 is 0 Å². The minimum atomic E-state index is -0.213. The monoisotopic (exact) mass is 493 g/mol. The molecule has 1 aromatic heterocycles. The number of amides is 2. The molecular weight excluding hydrogens is 470 g/mol. The topological polar surface area (TPSA) is 79.4 Å². The zero-order valence-corrected chi connectivity index (χ0v) is 20.2. The molecule has 36 heavy (non-hydrogen) atoms. The van der Waals surface area contributed by atoms with Crippen molar-refractivity contribution in [3.8, 4) is 0 Å². The molecule has 0 radical (unpaired) electrons. The van der Waals surface area contributed by atoms with Crippen molar-refractivity contribution in [3.05, 3.63) is 114 Å². The van der Waals surface area contributed by atoms with Crippen molar-refractivity contribution in [2.75, 3.05) is 16.8 Å². The fraction of sp³-hybridized carbons (Fsp3) is 0.103. The third-order valence-electron chi connectivity index (χ3n) is 5.88. The number of benzene rings is 3. The zero-order chi connectivity index (χ0) is 24.9. The van der Waals surface area contributed by atoms with Crippen LogP contribution in [-0.2, 0) is 4.79 Å². The van der Waals surface area contributed by atoms with Crippen LogP contribution in [0, 0.1) is 0 Å². The number of hydrogen-bond acceptors (Lipinski definition) is 5. The quantitative estimate of drug-likeness (QED) is 0.327. The lowest BCUT2D eigenvalue weighted by Gasteiger charge is -2.22. The molecule has 1 N–H and O–H groups in total. The molecule has 1 aliphatic rings. The van der Waals surface area contributed by atoms with Crippen molar-refractivity contribution in [1.29, 1.82) is 0 Å². The third kappa shape index (κ3) is 4.92. The SMILES string of the molecule is O=C(CCCN1C(=O)c2cccnc2Sc2ccccc21)Nc1ccccc1C(=O)c1ccccc1. The summed E-state index contributed by atoms with van der Waals surface area (Å²) >= 11 is 1.47. The maximum atomic E-state index is 13.4. The van der Waals surface area contributed by atoms with Crippen molar-refractivity contribution in [2.45, 2.75) is 22.8 Å². The Labute approximate surface area is 213 Å². The van der Waals surface area contributed by atoms with Crippen molar-refractivity contribution in [2.24, 2.45) is 0 Å². The molecule has 7 heteroatoms. The van der Waals surface area contributed by atoms with Gasteiger partial charge >= 0.3 is 0 Å². The second-order valence-corrected chi connectivity index (χ2v) is 9.31. The smallest absolute Gasteiger partial charge is 0.261 e. The van der Waals surface area contributed by atoms with Gasteiger partial charge in [0, 0.05) is 35.2 Å². The van der Waals surface area contributed by atoms with Crippen LogP contribution in [0.25, 0.3) is 0 Å². The Balaban J connectivity index is 1.28. The first-order valence-electron chi connectivity index (χ1n) is 11.6. The van der Waals surface area contributed by atoms with E-state index >= 15 is 0 Å². The number of fused-ring (bicyclic) bond motifs is 2. The number of nitrogens with zero attached hydrogens (tertiary/aromatic N) is 2. The molecule has 1 aliphatic heterocycles. The second-order valence-electron chi connectivity index (χ2n) is 8.28. The Hall–Kier alpha value is -4.23. The number of rotatable bonds is 7. The Kier molecular flexibility index (Phi) is 6.91. The number of para-hydroxylation sites is 2. The number of nitrogens with one attached hydrogen (secondary N) is 1. The molecule has 0 unspecified atom stereocenters. The molecule has 2 heterocycles. The maximum Gasteiger partial charge on any atom is 0.261 e. The van der Waals surface area contributed by atoms with Crippen LogP contribution in [-0.4, -0.2) is 29.1 Å². The van der Waals surface area contributed by atoms with Crippen molar-refractivity contribution >= 4 is 40.7 Å². The highest BCUT2D eigenvalue weighted by molar-refractivity contribution is 7.99. The van der Waals surface area contributed by atoms with E-state index in [0.717, 1.165) is 10.6 Å². The molecule has 5 rings (SSSR count). The molecule has 2 amide bonds. The Morgan fingerprint density at radius 1 is 0.861 bits per heavy atom. The van der Waals surface area contributed by atoms with Gasteiger partial charge in [-0.05, 0) is 42.8 Å². The predicted molar refractivity (Wildman–Crippen MR) is 141 cm³/mol. The van der Waals surface area contributed by atoms with Gasteiger partial charge in [0.1, 0.15) is 5.03 Å². The molecule has 0 spiro atoms. The van der Waals surface area contributed by atoms with E-state index in [0.29, 0.717) is 40.4 Å². The Morgan fingerprint density at radius 3 is 2.47 bits per heavy atom. The fourth-order valence-electron chi connectivity index (χ4n) is 4.13. The van der Waals surface area contributed by atoms with Gasteiger partial charge in [-0.3, -0.25) is 14.4 Å². The molecule has 178 valence electrons. The summed E-state index contributed by atoms with van der Waals surface area (Å²) in [6, 6.07) is 27.2. The van der Waals surface area contributed by atoms with Gasteiger partial charge < -0.3 is 10.2 Å². The maximum absolute atomic E-state index is 13.4. The average Bonchev–Trinajstić information content (AvgIpc) is 3.03. The lowest BCUT2D eigenvalue weighted by Crippen LogP contribution is -2.32. The average molecular weight is 494 g/mol. The number of carbonyl (C=O) groups excluding carboxylic acids is 3. The molecule has 0 aliphatic carbocycles. The highest BCUT2D eigenvalue weighted by Crippen LogP contribution is 2.40. The summed E-state index contributed by atoms with van der Waals surface area (Å²) in [5.41, 5.74) is 2.84. The lowest BCUT2D eigenvalue weighted by molar-refractivity contribution is -0.116.